The number of benzene rings is 2. The number of nitrogens with zero attached hydrogens (tertiary/aromatic N) is 2. The lowest BCUT2D eigenvalue weighted by Crippen LogP contribution is -2.36. The van der Waals surface area contributed by atoms with Gasteiger partial charge in [-0.25, -0.2) is 14.2 Å². The van der Waals surface area contributed by atoms with Gasteiger partial charge in [-0.1, -0.05) is 28.9 Å². The third kappa shape index (κ3) is 4.53. The van der Waals surface area contributed by atoms with E-state index in [0.717, 1.165) is 11.1 Å². The van der Waals surface area contributed by atoms with Gasteiger partial charge >= 0.3 is 5.97 Å². The van der Waals surface area contributed by atoms with Gasteiger partial charge < -0.3 is 9.94 Å². The Morgan fingerprint density at radius 1 is 1.22 bits per heavy atom. The molecule has 2 aromatic rings. The number of para-hydroxylation sites is 1. The quantitative estimate of drug-likeness (QED) is 0.573. The monoisotopic (exact) mass is 393 g/mol. The number of hydrogen-bond acceptors (Lipinski definition) is 5. The molecular weight excluding hydrogens is 377 g/mol. The van der Waals surface area contributed by atoms with Crippen molar-refractivity contribution in [1.29, 1.82) is 0 Å². The zero-order valence-electron chi connectivity index (χ0n) is 14.8. The van der Waals surface area contributed by atoms with Gasteiger partial charge in [-0.15, -0.1) is 0 Å². The molecule has 2 aromatic carbocycles. The van der Waals surface area contributed by atoms with Crippen LogP contribution in [0.25, 0.3) is 0 Å². The second-order valence-corrected chi connectivity index (χ2v) is 5.87. The van der Waals surface area contributed by atoms with Crippen LogP contribution in [0.2, 0.25) is 5.02 Å². The molecule has 0 atom stereocenters. The number of rotatable bonds is 6. The van der Waals surface area contributed by atoms with Gasteiger partial charge in [0.1, 0.15) is 12.9 Å². The van der Waals surface area contributed by atoms with Crippen molar-refractivity contribution < 1.29 is 23.9 Å². The van der Waals surface area contributed by atoms with Crippen LogP contribution >= 0.6 is 11.6 Å². The van der Waals surface area contributed by atoms with Crippen molar-refractivity contribution >= 4 is 40.6 Å². The number of hydrazine groups is 1. The first kappa shape index (κ1) is 20.2. The Hall–Kier alpha value is -3.13. The first-order valence-electron chi connectivity index (χ1n) is 7.73. The van der Waals surface area contributed by atoms with E-state index < -0.39 is 17.7 Å². The maximum atomic E-state index is 13.9. The summed E-state index contributed by atoms with van der Waals surface area (Å²) in [6.07, 6.45) is 0. The molecule has 0 heterocycles. The highest BCUT2D eigenvalue weighted by molar-refractivity contribution is 6.31. The van der Waals surface area contributed by atoms with Crippen LogP contribution in [-0.2, 0) is 9.63 Å². The van der Waals surface area contributed by atoms with Crippen LogP contribution in [0.5, 0.6) is 0 Å². The molecule has 0 saturated heterocycles. The molecule has 2 N–H and O–H groups in total. The van der Waals surface area contributed by atoms with E-state index in [0.29, 0.717) is 5.71 Å². The number of amides is 1. The number of halogens is 2. The number of carboxylic acid groups (broad SMARTS) is 1. The van der Waals surface area contributed by atoms with Crippen LogP contribution in [-0.4, -0.2) is 29.8 Å². The molecule has 0 aromatic heterocycles. The minimum Gasteiger partial charge on any atom is -0.478 e. The summed E-state index contributed by atoms with van der Waals surface area (Å²) in [7, 11) is 1.34. The first-order chi connectivity index (χ1) is 12.8. The van der Waals surface area contributed by atoms with Gasteiger partial charge in [0.25, 0.3) is 0 Å². The van der Waals surface area contributed by atoms with Gasteiger partial charge in [-0.05, 0) is 31.2 Å². The standard InChI is InChI=1S/C18H17ClFN3O4/c1-10(22-27-3)13-8-15(20)14(19)9-16(13)21-23(11(2)24)17-7-5-4-6-12(17)18(25)26/h4-9,21H,1-3H3,(H,25,26). The molecule has 0 unspecified atom stereocenters. The van der Waals surface area contributed by atoms with Crippen molar-refractivity contribution in [2.24, 2.45) is 5.16 Å². The molecule has 0 aliphatic rings. The fourth-order valence-corrected chi connectivity index (χ4v) is 2.57. The zero-order valence-corrected chi connectivity index (χ0v) is 15.5. The van der Waals surface area contributed by atoms with E-state index in [2.05, 4.69) is 10.6 Å². The van der Waals surface area contributed by atoms with Crippen LogP contribution in [0, 0.1) is 5.82 Å². The number of carboxylic acids is 1. The number of nitrogens with one attached hydrogen (secondary N) is 1. The lowest BCUT2D eigenvalue weighted by molar-refractivity contribution is -0.116. The Labute approximate surface area is 160 Å². The fourth-order valence-electron chi connectivity index (χ4n) is 2.40. The Balaban J connectivity index is 2.58. The van der Waals surface area contributed by atoms with Crippen molar-refractivity contribution in [1.82, 2.24) is 0 Å². The van der Waals surface area contributed by atoms with Gasteiger partial charge in [0.2, 0.25) is 5.91 Å². The molecule has 0 fully saturated rings. The lowest BCUT2D eigenvalue weighted by atomic mass is 10.1. The summed E-state index contributed by atoms with van der Waals surface area (Å²) in [6, 6.07) is 8.39. The highest BCUT2D eigenvalue weighted by Gasteiger charge is 2.21. The summed E-state index contributed by atoms with van der Waals surface area (Å²) in [5.74, 6) is -2.37. The smallest absolute Gasteiger partial charge is 0.337 e. The first-order valence-corrected chi connectivity index (χ1v) is 8.11. The van der Waals surface area contributed by atoms with Gasteiger partial charge in [0.15, 0.2) is 0 Å². The summed E-state index contributed by atoms with van der Waals surface area (Å²) >= 11 is 5.87. The Morgan fingerprint density at radius 3 is 2.48 bits per heavy atom. The lowest BCUT2D eigenvalue weighted by Gasteiger charge is -2.26. The van der Waals surface area contributed by atoms with Crippen LogP contribution in [0.4, 0.5) is 15.8 Å². The van der Waals surface area contributed by atoms with Crippen molar-refractivity contribution in [3.63, 3.8) is 0 Å². The number of anilines is 2. The van der Waals surface area contributed by atoms with E-state index >= 15 is 0 Å². The molecule has 142 valence electrons. The Morgan fingerprint density at radius 2 is 1.89 bits per heavy atom. The third-order valence-electron chi connectivity index (χ3n) is 3.60. The summed E-state index contributed by atoms with van der Waals surface area (Å²) in [5.41, 5.74) is 3.69. The minimum absolute atomic E-state index is 0.0859. The van der Waals surface area contributed by atoms with Crippen molar-refractivity contribution in [3.8, 4) is 0 Å². The van der Waals surface area contributed by atoms with Gasteiger partial charge in [-0.3, -0.25) is 10.2 Å². The van der Waals surface area contributed by atoms with Crippen LogP contribution in [0.3, 0.4) is 0 Å². The Kier molecular flexibility index (Phi) is 6.36. The summed E-state index contributed by atoms with van der Waals surface area (Å²) in [5, 5.41) is 14.0. The third-order valence-corrected chi connectivity index (χ3v) is 3.89. The van der Waals surface area contributed by atoms with Crippen LogP contribution in [0.15, 0.2) is 41.6 Å². The average Bonchev–Trinajstić information content (AvgIpc) is 2.62. The van der Waals surface area contributed by atoms with Crippen molar-refractivity contribution in [2.45, 2.75) is 13.8 Å². The van der Waals surface area contributed by atoms with E-state index in [9.17, 15) is 19.1 Å². The van der Waals surface area contributed by atoms with Gasteiger partial charge in [0.05, 0.1) is 27.7 Å². The summed E-state index contributed by atoms with van der Waals surface area (Å²) in [6.45, 7) is 2.84. The van der Waals surface area contributed by atoms with Gasteiger partial charge in [-0.2, -0.15) is 0 Å². The molecule has 7 nitrogen and oxygen atoms in total. The number of oxime groups is 1. The number of carbonyl (C=O) groups is 2. The van der Waals surface area contributed by atoms with E-state index in [1.165, 1.54) is 32.2 Å². The van der Waals surface area contributed by atoms with Crippen molar-refractivity contribution in [3.05, 3.63) is 58.4 Å². The molecule has 9 heteroatoms. The zero-order chi connectivity index (χ0) is 20.1. The normalized spacial score (nSPS) is 11.1. The molecule has 0 saturated carbocycles. The van der Waals surface area contributed by atoms with Crippen molar-refractivity contribution in [2.75, 3.05) is 17.5 Å². The molecule has 0 aliphatic carbocycles. The molecule has 1 amide bonds. The molecule has 2 rings (SSSR count). The van der Waals surface area contributed by atoms with E-state index in [-0.39, 0.29) is 27.5 Å². The molecular formula is C18H17ClFN3O4. The fraction of sp³-hybridized carbons (Fsp3) is 0.167. The van der Waals surface area contributed by atoms with Crippen LogP contribution in [0.1, 0.15) is 29.8 Å². The average molecular weight is 394 g/mol. The summed E-state index contributed by atoms with van der Waals surface area (Å²) < 4.78 is 13.9. The second kappa shape index (κ2) is 8.50. The topological polar surface area (TPSA) is 91.2 Å². The highest BCUT2D eigenvalue weighted by atomic mass is 35.5. The van der Waals surface area contributed by atoms with E-state index in [1.54, 1.807) is 19.1 Å². The Bertz CT molecular complexity index is 917. The number of aromatic carboxylic acids is 1. The minimum atomic E-state index is -1.20. The SMILES string of the molecule is CON=C(C)c1cc(F)c(Cl)cc1NN(C(C)=O)c1ccccc1C(=O)O. The second-order valence-electron chi connectivity index (χ2n) is 5.46. The maximum Gasteiger partial charge on any atom is 0.337 e. The molecule has 0 aliphatic heterocycles. The molecule has 0 bridgehead atoms. The predicted molar refractivity (Wildman–Crippen MR) is 101 cm³/mol. The maximum absolute atomic E-state index is 13.9. The number of hydrogen-bond donors (Lipinski definition) is 2. The van der Waals surface area contributed by atoms with E-state index in [4.69, 9.17) is 16.4 Å². The molecule has 27 heavy (non-hydrogen) atoms. The summed E-state index contributed by atoms with van der Waals surface area (Å²) in [4.78, 5) is 28.4. The van der Waals surface area contributed by atoms with Gasteiger partial charge in [0, 0.05) is 12.5 Å². The largest absolute Gasteiger partial charge is 0.478 e. The molecule has 0 radical (unpaired) electrons. The van der Waals surface area contributed by atoms with Crippen LogP contribution < -0.4 is 10.4 Å². The molecule has 0 spiro atoms. The predicted octanol–water partition coefficient (Wildman–Crippen LogP) is 3.93. The number of carbonyl (C=O) groups excluding carboxylic acids is 1. The highest BCUT2D eigenvalue weighted by Crippen LogP contribution is 2.28. The van der Waals surface area contributed by atoms with E-state index in [1.807, 2.05) is 0 Å².